The van der Waals surface area contributed by atoms with E-state index in [2.05, 4.69) is 0 Å². The summed E-state index contributed by atoms with van der Waals surface area (Å²) in [5, 5.41) is 11.1. The molecule has 0 aliphatic carbocycles. The molecule has 0 radical (unpaired) electrons. The van der Waals surface area contributed by atoms with Gasteiger partial charge in [-0.3, -0.25) is 9.59 Å². The molecule has 1 aliphatic rings. The molecule has 3 rings (SSSR count). The lowest BCUT2D eigenvalue weighted by molar-refractivity contribution is -0.139. The van der Waals surface area contributed by atoms with Gasteiger partial charge in [0, 0.05) is 26.2 Å². The van der Waals surface area contributed by atoms with E-state index in [-0.39, 0.29) is 21.8 Å². The van der Waals surface area contributed by atoms with Crippen LogP contribution in [0.4, 0.5) is 0 Å². The van der Waals surface area contributed by atoms with Gasteiger partial charge >= 0.3 is 0 Å². The maximum Gasteiger partial charge on any atom is 0.295 e. The standard InChI is InChI=1S/C24H29N3O5S/c1-25(2)15-8-16-27-21(17-9-6-5-7-10-17)20(23(29)24(27)30)22(28)18-11-13-19(14-12-18)33(31,32)26(3)4/h5-7,9-14,21,28H,8,15-16H2,1-4H3/t21-/m1/s1. The lowest BCUT2D eigenvalue weighted by Gasteiger charge is -2.26. The molecule has 1 aliphatic heterocycles. The van der Waals surface area contributed by atoms with E-state index in [0.717, 1.165) is 16.4 Å². The highest BCUT2D eigenvalue weighted by molar-refractivity contribution is 7.89. The third-order valence-corrected chi connectivity index (χ3v) is 7.40. The van der Waals surface area contributed by atoms with Crippen molar-refractivity contribution in [3.05, 3.63) is 71.3 Å². The molecule has 2 aromatic carbocycles. The predicted octanol–water partition coefficient (Wildman–Crippen LogP) is 2.31. The van der Waals surface area contributed by atoms with Gasteiger partial charge in [0.2, 0.25) is 10.0 Å². The van der Waals surface area contributed by atoms with Crippen LogP contribution >= 0.6 is 0 Å². The molecular weight excluding hydrogens is 442 g/mol. The smallest absolute Gasteiger partial charge is 0.295 e. The fraction of sp³-hybridized carbons (Fsp3) is 0.333. The summed E-state index contributed by atoms with van der Waals surface area (Å²) in [6, 6.07) is 14.0. The van der Waals surface area contributed by atoms with Gasteiger partial charge < -0.3 is 14.9 Å². The summed E-state index contributed by atoms with van der Waals surface area (Å²) < 4.78 is 25.8. The molecular formula is C24H29N3O5S. The number of likely N-dealkylation sites (tertiary alicyclic amines) is 1. The van der Waals surface area contributed by atoms with Gasteiger partial charge in [-0.25, -0.2) is 12.7 Å². The van der Waals surface area contributed by atoms with Crippen molar-refractivity contribution in [1.82, 2.24) is 14.1 Å². The number of carbonyl (C=O) groups is 2. The molecule has 2 aromatic rings. The molecule has 176 valence electrons. The van der Waals surface area contributed by atoms with Crippen molar-refractivity contribution < 1.29 is 23.1 Å². The number of amides is 1. The van der Waals surface area contributed by atoms with Crippen molar-refractivity contribution in [2.75, 3.05) is 41.3 Å². The summed E-state index contributed by atoms with van der Waals surface area (Å²) in [6.45, 7) is 1.10. The zero-order chi connectivity index (χ0) is 24.3. The highest BCUT2D eigenvalue weighted by Crippen LogP contribution is 2.39. The number of nitrogens with zero attached hydrogens (tertiary/aromatic N) is 3. The van der Waals surface area contributed by atoms with Gasteiger partial charge in [-0.15, -0.1) is 0 Å². The largest absolute Gasteiger partial charge is 0.507 e. The third kappa shape index (κ3) is 5.00. The van der Waals surface area contributed by atoms with Crippen LogP contribution in [0.1, 0.15) is 23.6 Å². The number of ketones is 1. The van der Waals surface area contributed by atoms with Gasteiger partial charge in [0.25, 0.3) is 11.7 Å². The van der Waals surface area contributed by atoms with E-state index >= 15 is 0 Å². The Bertz CT molecular complexity index is 1160. The molecule has 1 saturated heterocycles. The second-order valence-electron chi connectivity index (χ2n) is 8.37. The van der Waals surface area contributed by atoms with Crippen LogP contribution in [0.3, 0.4) is 0 Å². The second kappa shape index (κ2) is 9.86. The fourth-order valence-electron chi connectivity index (χ4n) is 3.80. The minimum absolute atomic E-state index is 0.000676. The summed E-state index contributed by atoms with van der Waals surface area (Å²) >= 11 is 0. The molecule has 33 heavy (non-hydrogen) atoms. The topological polar surface area (TPSA) is 98.2 Å². The van der Waals surface area contributed by atoms with E-state index in [1.807, 2.05) is 49.3 Å². The van der Waals surface area contributed by atoms with Crippen molar-refractivity contribution in [3.8, 4) is 0 Å². The first-order valence-corrected chi connectivity index (χ1v) is 12.0. The third-order valence-electron chi connectivity index (χ3n) is 5.57. The van der Waals surface area contributed by atoms with Crippen molar-refractivity contribution in [3.63, 3.8) is 0 Å². The first kappa shape index (κ1) is 24.6. The molecule has 0 unspecified atom stereocenters. The van der Waals surface area contributed by atoms with Gasteiger partial charge in [0.15, 0.2) is 0 Å². The van der Waals surface area contributed by atoms with Crippen LogP contribution in [0.2, 0.25) is 0 Å². The van der Waals surface area contributed by atoms with E-state index in [4.69, 9.17) is 0 Å². The zero-order valence-corrected chi connectivity index (χ0v) is 20.0. The van der Waals surface area contributed by atoms with Crippen molar-refractivity contribution >= 4 is 27.5 Å². The summed E-state index contributed by atoms with van der Waals surface area (Å²) in [7, 11) is 3.09. The van der Waals surface area contributed by atoms with Gasteiger partial charge in [-0.2, -0.15) is 0 Å². The van der Waals surface area contributed by atoms with Crippen LogP contribution in [-0.4, -0.2) is 80.6 Å². The number of aliphatic hydroxyl groups is 1. The predicted molar refractivity (Wildman–Crippen MR) is 126 cm³/mol. The Kier molecular flexibility index (Phi) is 7.36. The van der Waals surface area contributed by atoms with Crippen molar-refractivity contribution in [1.29, 1.82) is 0 Å². The molecule has 0 spiro atoms. The number of sulfonamides is 1. The van der Waals surface area contributed by atoms with E-state index < -0.39 is 27.8 Å². The summed E-state index contributed by atoms with van der Waals surface area (Å²) in [4.78, 5) is 29.5. The molecule has 1 heterocycles. The summed E-state index contributed by atoms with van der Waals surface area (Å²) in [5.41, 5.74) is 0.981. The number of hydrogen-bond donors (Lipinski definition) is 1. The molecule has 9 heteroatoms. The maximum atomic E-state index is 13.0. The molecule has 1 fully saturated rings. The number of hydrogen-bond acceptors (Lipinski definition) is 6. The Hall–Kier alpha value is -3.01. The highest BCUT2D eigenvalue weighted by atomic mass is 32.2. The van der Waals surface area contributed by atoms with Gasteiger partial charge in [-0.1, -0.05) is 30.3 Å². The Morgan fingerprint density at radius 2 is 1.58 bits per heavy atom. The van der Waals surface area contributed by atoms with Crippen LogP contribution in [0.15, 0.2) is 65.1 Å². The normalized spacial score (nSPS) is 18.5. The Morgan fingerprint density at radius 3 is 2.12 bits per heavy atom. The van der Waals surface area contributed by atoms with Crippen LogP contribution in [0.25, 0.3) is 5.76 Å². The number of rotatable bonds is 8. The summed E-state index contributed by atoms with van der Waals surface area (Å²) in [5.74, 6) is -1.74. The SMILES string of the molecule is CN(C)CCCN1C(=O)C(=O)C(=C(O)c2ccc(S(=O)(=O)N(C)C)cc2)[C@H]1c1ccccc1. The molecule has 0 bridgehead atoms. The summed E-state index contributed by atoms with van der Waals surface area (Å²) in [6.07, 6.45) is 0.667. The fourth-order valence-corrected chi connectivity index (χ4v) is 4.70. The van der Waals surface area contributed by atoms with Crippen molar-refractivity contribution in [2.45, 2.75) is 17.4 Å². The first-order chi connectivity index (χ1) is 15.6. The minimum atomic E-state index is -3.64. The average molecular weight is 472 g/mol. The Morgan fingerprint density at radius 1 is 0.970 bits per heavy atom. The second-order valence-corrected chi connectivity index (χ2v) is 10.5. The lowest BCUT2D eigenvalue weighted by atomic mass is 9.95. The Labute approximate surface area is 194 Å². The van der Waals surface area contributed by atoms with Crippen LogP contribution in [0, 0.1) is 0 Å². The average Bonchev–Trinajstić information content (AvgIpc) is 3.04. The molecule has 0 saturated carbocycles. The van der Waals surface area contributed by atoms with Crippen molar-refractivity contribution in [2.24, 2.45) is 0 Å². The van der Waals surface area contributed by atoms with E-state index in [0.29, 0.717) is 13.0 Å². The van der Waals surface area contributed by atoms with E-state index in [1.165, 1.54) is 43.3 Å². The molecule has 1 atom stereocenters. The number of aliphatic hydroxyl groups excluding tert-OH is 1. The zero-order valence-electron chi connectivity index (χ0n) is 19.2. The van der Waals surface area contributed by atoms with Crippen LogP contribution < -0.4 is 0 Å². The van der Waals surface area contributed by atoms with Gasteiger partial charge in [0.05, 0.1) is 16.5 Å². The maximum absolute atomic E-state index is 13.0. The van der Waals surface area contributed by atoms with Gasteiger partial charge in [0.1, 0.15) is 5.76 Å². The van der Waals surface area contributed by atoms with E-state index in [9.17, 15) is 23.1 Å². The van der Waals surface area contributed by atoms with E-state index in [1.54, 1.807) is 0 Å². The molecule has 1 N–H and O–H groups in total. The Balaban J connectivity index is 2.06. The molecule has 1 amide bonds. The lowest BCUT2D eigenvalue weighted by Crippen LogP contribution is -2.32. The number of benzene rings is 2. The van der Waals surface area contributed by atoms with Gasteiger partial charge in [-0.05, 0) is 56.9 Å². The van der Waals surface area contributed by atoms with Crippen LogP contribution in [0.5, 0.6) is 0 Å². The number of carbonyl (C=O) groups excluding carboxylic acids is 2. The highest BCUT2D eigenvalue weighted by Gasteiger charge is 2.45. The molecule has 8 nitrogen and oxygen atoms in total. The first-order valence-electron chi connectivity index (χ1n) is 10.6. The quantitative estimate of drug-likeness (QED) is 0.360. The molecule has 0 aromatic heterocycles. The minimum Gasteiger partial charge on any atom is -0.507 e. The monoisotopic (exact) mass is 471 g/mol. The number of Topliss-reactive ketones (excluding diaryl/α,β-unsaturated/α-hetero) is 1. The van der Waals surface area contributed by atoms with Crippen LogP contribution in [-0.2, 0) is 19.6 Å².